The van der Waals surface area contributed by atoms with Crippen LogP contribution in [-0.2, 0) is 0 Å². The average molecular weight is 426 g/mol. The third-order valence-electron chi connectivity index (χ3n) is 4.34. The van der Waals surface area contributed by atoms with Gasteiger partial charge in [0.25, 0.3) is 0 Å². The van der Waals surface area contributed by atoms with E-state index in [0.29, 0.717) is 0 Å². The van der Waals surface area contributed by atoms with Crippen molar-refractivity contribution in [2.24, 2.45) is 10.4 Å². The van der Waals surface area contributed by atoms with Crippen LogP contribution in [0, 0.1) is 5.41 Å². The number of hydrogen-bond donors (Lipinski definition) is 1. The van der Waals surface area contributed by atoms with Crippen molar-refractivity contribution < 1.29 is 0 Å². The second-order valence-electron chi connectivity index (χ2n) is 7.51. The maximum atomic E-state index is 4.93. The predicted octanol–water partition coefficient (Wildman–Crippen LogP) is 4.91. The van der Waals surface area contributed by atoms with E-state index in [1.807, 2.05) is 19.0 Å². The number of thioether (sulfide) groups is 1. The summed E-state index contributed by atoms with van der Waals surface area (Å²) in [5, 5.41) is 4.63. The Hall–Kier alpha value is -1.08. The molecule has 0 unspecified atom stereocenters. The lowest BCUT2D eigenvalue weighted by Gasteiger charge is -2.37. The monoisotopic (exact) mass is 425 g/mol. The number of fused-ring (bicyclic) bond motifs is 1. The molecule has 0 atom stereocenters. The highest BCUT2D eigenvalue weighted by atomic mass is 79.9. The molecule has 25 heavy (non-hydrogen) atoms. The number of aliphatic imine (C=N–C) groups is 1. The minimum atomic E-state index is 0. The Kier molecular flexibility index (Phi) is 6.54. The molecule has 0 bridgehead atoms. The van der Waals surface area contributed by atoms with Gasteiger partial charge in [-0.05, 0) is 24.7 Å². The predicted molar refractivity (Wildman–Crippen MR) is 113 cm³/mol. The number of nitrogens with one attached hydrogen (secondary N) is 1. The molecule has 138 valence electrons. The SMILES string of the molecule is Br.CCCCN=C1CC(C)(C)CC2=C1Sc1ncnc(N(C)C)c1N2. The average Bonchev–Trinajstić information content (AvgIpc) is 2.51. The molecular formula is C18H28BrN5S. The minimum absolute atomic E-state index is 0. The molecule has 1 aromatic heterocycles. The van der Waals surface area contributed by atoms with Gasteiger partial charge in [0, 0.05) is 26.3 Å². The van der Waals surface area contributed by atoms with Gasteiger partial charge in [0.05, 0.1) is 10.6 Å². The molecule has 0 spiro atoms. The molecule has 1 aliphatic carbocycles. The fourth-order valence-electron chi connectivity index (χ4n) is 3.18. The van der Waals surface area contributed by atoms with E-state index in [1.54, 1.807) is 18.1 Å². The zero-order valence-corrected chi connectivity index (χ0v) is 18.2. The Balaban J connectivity index is 0.00000225. The van der Waals surface area contributed by atoms with Crippen molar-refractivity contribution in [3.63, 3.8) is 0 Å². The molecule has 7 heteroatoms. The van der Waals surface area contributed by atoms with Gasteiger partial charge in [-0.25, -0.2) is 9.97 Å². The van der Waals surface area contributed by atoms with E-state index in [2.05, 4.69) is 36.1 Å². The quantitative estimate of drug-likeness (QED) is 0.548. The first-order valence-electron chi connectivity index (χ1n) is 8.65. The normalized spacial score (nSPS) is 19.6. The lowest BCUT2D eigenvalue weighted by atomic mass is 9.78. The molecule has 2 heterocycles. The molecule has 5 nitrogen and oxygen atoms in total. The molecule has 0 saturated heterocycles. The smallest absolute Gasteiger partial charge is 0.156 e. The Morgan fingerprint density at radius 3 is 2.72 bits per heavy atom. The number of nitrogens with zero attached hydrogens (tertiary/aromatic N) is 4. The molecule has 0 radical (unpaired) electrons. The zero-order chi connectivity index (χ0) is 17.3. The van der Waals surface area contributed by atoms with Crippen LogP contribution in [0.2, 0.25) is 0 Å². The van der Waals surface area contributed by atoms with Crippen LogP contribution >= 0.6 is 28.7 Å². The second kappa shape index (κ2) is 8.08. The first-order valence-corrected chi connectivity index (χ1v) is 9.47. The zero-order valence-electron chi connectivity index (χ0n) is 15.7. The van der Waals surface area contributed by atoms with E-state index in [1.165, 1.54) is 22.7 Å². The number of allylic oxidation sites excluding steroid dienone is 2. The fraction of sp³-hybridized carbons (Fsp3) is 0.611. The van der Waals surface area contributed by atoms with Gasteiger partial charge < -0.3 is 10.2 Å². The summed E-state index contributed by atoms with van der Waals surface area (Å²) >= 11 is 1.75. The maximum Gasteiger partial charge on any atom is 0.156 e. The van der Waals surface area contributed by atoms with Crippen LogP contribution in [0.4, 0.5) is 11.5 Å². The van der Waals surface area contributed by atoms with Crippen molar-refractivity contribution in [3.8, 4) is 0 Å². The van der Waals surface area contributed by atoms with E-state index < -0.39 is 0 Å². The van der Waals surface area contributed by atoms with Crippen molar-refractivity contribution in [2.75, 3.05) is 30.9 Å². The van der Waals surface area contributed by atoms with Gasteiger partial charge in [-0.3, -0.25) is 4.99 Å². The van der Waals surface area contributed by atoms with Crippen molar-refractivity contribution in [2.45, 2.75) is 51.5 Å². The van der Waals surface area contributed by atoms with Gasteiger partial charge in [-0.1, -0.05) is 39.0 Å². The van der Waals surface area contributed by atoms with Gasteiger partial charge in [0.2, 0.25) is 0 Å². The summed E-state index contributed by atoms with van der Waals surface area (Å²) in [4.78, 5) is 17.2. The molecule has 0 amide bonds. The fourth-order valence-corrected chi connectivity index (χ4v) is 4.22. The number of hydrogen-bond acceptors (Lipinski definition) is 6. The third kappa shape index (κ3) is 4.37. The Labute approximate surface area is 165 Å². The van der Waals surface area contributed by atoms with Gasteiger partial charge in [-0.15, -0.1) is 17.0 Å². The molecule has 0 saturated carbocycles. The standard InChI is InChI=1S/C18H27N5S.BrH/c1-6-7-8-19-12-9-18(2,3)10-13-15(12)24-17-14(22-13)16(23(4)5)20-11-21-17;/h11,22H,6-10H2,1-5H3;1H. The molecule has 1 aromatic rings. The van der Waals surface area contributed by atoms with Crippen molar-refractivity contribution in [1.29, 1.82) is 0 Å². The molecule has 2 aliphatic rings. The summed E-state index contributed by atoms with van der Waals surface area (Å²) in [6.07, 6.45) is 6.04. The number of rotatable bonds is 4. The Morgan fingerprint density at radius 1 is 1.28 bits per heavy atom. The van der Waals surface area contributed by atoms with Crippen molar-refractivity contribution in [3.05, 3.63) is 16.9 Å². The summed E-state index contributed by atoms with van der Waals surface area (Å²) in [6.45, 7) is 7.77. The van der Waals surface area contributed by atoms with Gasteiger partial charge >= 0.3 is 0 Å². The van der Waals surface area contributed by atoms with E-state index in [9.17, 15) is 0 Å². The summed E-state index contributed by atoms with van der Waals surface area (Å²) < 4.78 is 0. The molecule has 0 aromatic carbocycles. The van der Waals surface area contributed by atoms with E-state index in [4.69, 9.17) is 4.99 Å². The van der Waals surface area contributed by atoms with Crippen LogP contribution in [0.15, 0.2) is 26.9 Å². The highest BCUT2D eigenvalue weighted by Gasteiger charge is 2.36. The van der Waals surface area contributed by atoms with Crippen LogP contribution in [0.3, 0.4) is 0 Å². The van der Waals surface area contributed by atoms with Crippen LogP contribution in [0.1, 0.15) is 46.5 Å². The lowest BCUT2D eigenvalue weighted by molar-refractivity contribution is 0.373. The number of halogens is 1. The molecule has 0 fully saturated rings. The summed E-state index contributed by atoms with van der Waals surface area (Å²) in [5.41, 5.74) is 3.76. The molecule has 1 N–H and O–H groups in total. The van der Waals surface area contributed by atoms with Crippen LogP contribution in [0.5, 0.6) is 0 Å². The molecule has 3 rings (SSSR count). The van der Waals surface area contributed by atoms with Crippen LogP contribution < -0.4 is 10.2 Å². The van der Waals surface area contributed by atoms with Gasteiger partial charge in [0.1, 0.15) is 17.0 Å². The van der Waals surface area contributed by atoms with E-state index in [0.717, 1.165) is 42.3 Å². The largest absolute Gasteiger partial charge is 0.361 e. The van der Waals surface area contributed by atoms with Gasteiger partial charge in [-0.2, -0.15) is 0 Å². The van der Waals surface area contributed by atoms with E-state index >= 15 is 0 Å². The maximum absolute atomic E-state index is 4.93. The van der Waals surface area contributed by atoms with E-state index in [-0.39, 0.29) is 22.4 Å². The number of unbranched alkanes of at least 4 members (excludes halogenated alkanes) is 1. The highest BCUT2D eigenvalue weighted by Crippen LogP contribution is 2.49. The van der Waals surface area contributed by atoms with Crippen molar-refractivity contribution >= 4 is 46.0 Å². The van der Waals surface area contributed by atoms with Crippen LogP contribution in [-0.4, -0.2) is 36.3 Å². The summed E-state index contributed by atoms with van der Waals surface area (Å²) in [6, 6.07) is 0. The summed E-state index contributed by atoms with van der Waals surface area (Å²) in [7, 11) is 4.03. The Bertz CT molecular complexity index is 697. The van der Waals surface area contributed by atoms with Crippen molar-refractivity contribution in [1.82, 2.24) is 9.97 Å². The highest BCUT2D eigenvalue weighted by molar-refractivity contribution is 8.93. The number of anilines is 2. The second-order valence-corrected chi connectivity index (χ2v) is 8.51. The number of aromatic nitrogens is 2. The van der Waals surface area contributed by atoms with Crippen LogP contribution in [0.25, 0.3) is 0 Å². The molecule has 1 aliphatic heterocycles. The topological polar surface area (TPSA) is 53.4 Å². The lowest BCUT2D eigenvalue weighted by Crippen LogP contribution is -2.30. The minimum Gasteiger partial charge on any atom is -0.361 e. The summed E-state index contributed by atoms with van der Waals surface area (Å²) in [5.74, 6) is 0.937. The van der Waals surface area contributed by atoms with Gasteiger partial charge in [0.15, 0.2) is 5.82 Å². The first kappa shape index (κ1) is 20.2. The first-order chi connectivity index (χ1) is 11.4. The third-order valence-corrected chi connectivity index (χ3v) is 5.53. The molecular weight excluding hydrogens is 398 g/mol. The Morgan fingerprint density at radius 2 is 2.04 bits per heavy atom.